The number of hydrogen-bond acceptors (Lipinski definition) is 4. The summed E-state index contributed by atoms with van der Waals surface area (Å²) in [5.74, 6) is -0.864. The first-order valence-corrected chi connectivity index (χ1v) is 5.03. The maximum atomic E-state index is 11.1. The van der Waals surface area contributed by atoms with Crippen molar-refractivity contribution in [2.24, 2.45) is 0 Å². The van der Waals surface area contributed by atoms with Gasteiger partial charge in [0.15, 0.2) is 0 Å². The number of carbonyl (C=O) groups is 2. The van der Waals surface area contributed by atoms with E-state index < -0.39 is 11.9 Å². The minimum Gasteiger partial charge on any atom is -0.462 e. The first-order chi connectivity index (χ1) is 7.34. The van der Waals surface area contributed by atoms with Crippen molar-refractivity contribution in [1.29, 1.82) is 0 Å². The van der Waals surface area contributed by atoms with Crippen molar-refractivity contribution in [3.05, 3.63) is 24.3 Å². The summed E-state index contributed by atoms with van der Waals surface area (Å²) < 4.78 is 9.87. The summed E-state index contributed by atoms with van der Waals surface area (Å²) in [7, 11) is 0. The second-order valence-corrected chi connectivity index (χ2v) is 3.70. The van der Waals surface area contributed by atoms with E-state index in [0.717, 1.165) is 0 Å². The fourth-order valence-corrected chi connectivity index (χ4v) is 0.783. The summed E-state index contributed by atoms with van der Waals surface area (Å²) in [5.41, 5.74) is 0.706. The third kappa shape index (κ3) is 6.01. The van der Waals surface area contributed by atoms with Gasteiger partial charge in [-0.25, -0.2) is 9.59 Å². The van der Waals surface area contributed by atoms with E-state index in [0.29, 0.717) is 17.6 Å². The molecule has 16 heavy (non-hydrogen) atoms. The zero-order valence-electron chi connectivity index (χ0n) is 10.0. The zero-order chi connectivity index (χ0) is 12.7. The lowest BCUT2D eigenvalue weighted by atomic mass is 10.3. The highest BCUT2D eigenvalue weighted by atomic mass is 16.6. The molecule has 0 spiro atoms. The fraction of sp³-hybridized carbons (Fsp3) is 0.500. The van der Waals surface area contributed by atoms with Crippen molar-refractivity contribution < 1.29 is 19.1 Å². The molecule has 0 amide bonds. The van der Waals surface area contributed by atoms with Gasteiger partial charge in [0.1, 0.15) is 6.10 Å². The van der Waals surface area contributed by atoms with Crippen molar-refractivity contribution in [3.8, 4) is 0 Å². The summed E-state index contributed by atoms with van der Waals surface area (Å²) in [5, 5.41) is 0. The lowest BCUT2D eigenvalue weighted by molar-refractivity contribution is -0.145. The van der Waals surface area contributed by atoms with Crippen LogP contribution in [-0.4, -0.2) is 24.6 Å². The van der Waals surface area contributed by atoms with Crippen molar-refractivity contribution in [2.45, 2.75) is 33.3 Å². The molecule has 0 aliphatic rings. The molecule has 90 valence electrons. The topological polar surface area (TPSA) is 52.6 Å². The average molecular weight is 226 g/mol. The van der Waals surface area contributed by atoms with Gasteiger partial charge in [-0.15, -0.1) is 0 Å². The van der Waals surface area contributed by atoms with Crippen LogP contribution in [0.15, 0.2) is 24.3 Å². The Labute approximate surface area is 95.9 Å². The van der Waals surface area contributed by atoms with Crippen molar-refractivity contribution >= 4 is 11.9 Å². The molecule has 0 bridgehead atoms. The van der Waals surface area contributed by atoms with E-state index in [4.69, 9.17) is 9.47 Å². The summed E-state index contributed by atoms with van der Waals surface area (Å²) in [6.45, 7) is 12.0. The van der Waals surface area contributed by atoms with Crippen LogP contribution in [0.25, 0.3) is 0 Å². The van der Waals surface area contributed by atoms with E-state index >= 15 is 0 Å². The predicted octanol–water partition coefficient (Wildman–Crippen LogP) is 2.00. The number of ether oxygens (including phenoxy) is 2. The molecule has 0 N–H and O–H groups in total. The minimum absolute atomic E-state index is 0.205. The largest absolute Gasteiger partial charge is 0.462 e. The van der Waals surface area contributed by atoms with Crippen LogP contribution in [0.1, 0.15) is 27.2 Å². The van der Waals surface area contributed by atoms with Crippen LogP contribution in [0.4, 0.5) is 0 Å². The normalized spacial score (nSPS) is 11.4. The fourth-order valence-electron chi connectivity index (χ4n) is 0.783. The molecular formula is C12H18O4. The Morgan fingerprint density at radius 3 is 2.06 bits per heavy atom. The summed E-state index contributed by atoms with van der Waals surface area (Å²) >= 11 is 0. The molecule has 0 heterocycles. The van der Waals surface area contributed by atoms with Gasteiger partial charge in [0, 0.05) is 17.6 Å². The van der Waals surface area contributed by atoms with Gasteiger partial charge in [0.2, 0.25) is 0 Å². The highest BCUT2D eigenvalue weighted by Crippen LogP contribution is 2.03. The Bertz CT molecular complexity index is 304. The lowest BCUT2D eigenvalue weighted by Gasteiger charge is -2.13. The van der Waals surface area contributed by atoms with E-state index in [9.17, 15) is 9.59 Å². The monoisotopic (exact) mass is 226 g/mol. The molecule has 0 fully saturated rings. The Hall–Kier alpha value is -1.58. The molecule has 0 unspecified atom stereocenters. The first-order valence-electron chi connectivity index (χ1n) is 5.03. The van der Waals surface area contributed by atoms with Gasteiger partial charge in [0.05, 0.1) is 6.61 Å². The summed E-state index contributed by atoms with van der Waals surface area (Å²) in [6.07, 6.45) is 0.153. The lowest BCUT2D eigenvalue weighted by Crippen LogP contribution is -2.18. The van der Waals surface area contributed by atoms with E-state index in [1.54, 1.807) is 20.8 Å². The predicted molar refractivity (Wildman–Crippen MR) is 60.8 cm³/mol. The molecule has 0 aromatic heterocycles. The standard InChI is InChI=1S/C12H18O4/c1-8(2)11(13)15-7-6-10(5)16-12(14)9(3)4/h10H,1,3,6-7H2,2,4-5H3/t10-/m1/s1. The quantitative estimate of drug-likeness (QED) is 0.513. The molecule has 0 aromatic carbocycles. The third-order valence-electron chi connectivity index (χ3n) is 1.76. The van der Waals surface area contributed by atoms with Gasteiger partial charge in [-0.3, -0.25) is 0 Å². The van der Waals surface area contributed by atoms with Crippen LogP contribution in [-0.2, 0) is 19.1 Å². The van der Waals surface area contributed by atoms with Gasteiger partial charge in [-0.2, -0.15) is 0 Å². The van der Waals surface area contributed by atoms with Crippen molar-refractivity contribution in [2.75, 3.05) is 6.61 Å². The first kappa shape index (κ1) is 14.4. The molecule has 0 aliphatic heterocycles. The highest BCUT2D eigenvalue weighted by molar-refractivity contribution is 5.87. The number of hydrogen-bond donors (Lipinski definition) is 0. The van der Waals surface area contributed by atoms with Crippen LogP contribution in [0, 0.1) is 0 Å². The van der Waals surface area contributed by atoms with E-state index in [1.165, 1.54) is 0 Å². The minimum atomic E-state index is -0.432. The Morgan fingerprint density at radius 2 is 1.62 bits per heavy atom. The number of esters is 2. The SMILES string of the molecule is C=C(C)C(=O)OCC[C@@H](C)OC(=O)C(=C)C. The zero-order valence-corrected chi connectivity index (χ0v) is 10.0. The van der Waals surface area contributed by atoms with Gasteiger partial charge in [0.25, 0.3) is 0 Å². The molecule has 0 rings (SSSR count). The Kier molecular flexibility index (Phi) is 6.15. The van der Waals surface area contributed by atoms with Crippen LogP contribution in [0.2, 0.25) is 0 Å². The van der Waals surface area contributed by atoms with Crippen molar-refractivity contribution in [1.82, 2.24) is 0 Å². The molecule has 1 atom stereocenters. The summed E-state index contributed by atoms with van der Waals surface area (Å²) in [4.78, 5) is 22.1. The van der Waals surface area contributed by atoms with Gasteiger partial charge >= 0.3 is 11.9 Å². The van der Waals surface area contributed by atoms with Crippen LogP contribution in [0.5, 0.6) is 0 Å². The van der Waals surface area contributed by atoms with E-state index in [-0.39, 0.29) is 12.7 Å². The summed E-state index contributed by atoms with van der Waals surface area (Å²) in [6, 6.07) is 0. The third-order valence-corrected chi connectivity index (χ3v) is 1.76. The molecule has 0 aromatic rings. The molecule has 4 heteroatoms. The second-order valence-electron chi connectivity index (χ2n) is 3.70. The van der Waals surface area contributed by atoms with Gasteiger partial charge in [-0.05, 0) is 20.8 Å². The van der Waals surface area contributed by atoms with Crippen LogP contribution in [0.3, 0.4) is 0 Å². The highest BCUT2D eigenvalue weighted by Gasteiger charge is 2.11. The van der Waals surface area contributed by atoms with Crippen molar-refractivity contribution in [3.63, 3.8) is 0 Å². The molecule has 0 saturated carbocycles. The molecule has 4 nitrogen and oxygen atoms in total. The number of carbonyl (C=O) groups excluding carboxylic acids is 2. The number of rotatable bonds is 6. The molecule has 0 radical (unpaired) electrons. The maximum absolute atomic E-state index is 11.1. The van der Waals surface area contributed by atoms with Crippen LogP contribution < -0.4 is 0 Å². The maximum Gasteiger partial charge on any atom is 0.333 e. The van der Waals surface area contributed by atoms with Gasteiger partial charge < -0.3 is 9.47 Å². The van der Waals surface area contributed by atoms with Gasteiger partial charge in [-0.1, -0.05) is 13.2 Å². The molecule has 0 aliphatic carbocycles. The molecule has 0 saturated heterocycles. The second kappa shape index (κ2) is 6.82. The molecular weight excluding hydrogens is 208 g/mol. The Morgan fingerprint density at radius 1 is 1.12 bits per heavy atom. The van der Waals surface area contributed by atoms with E-state index in [1.807, 2.05) is 0 Å². The smallest absolute Gasteiger partial charge is 0.333 e. The van der Waals surface area contributed by atoms with Crippen LogP contribution >= 0.6 is 0 Å². The Balaban J connectivity index is 3.78. The van der Waals surface area contributed by atoms with E-state index in [2.05, 4.69) is 13.2 Å². The average Bonchev–Trinajstić information content (AvgIpc) is 2.16.